The third-order valence-corrected chi connectivity index (χ3v) is 3.52. The van der Waals surface area contributed by atoms with Gasteiger partial charge < -0.3 is 14.8 Å². The Morgan fingerprint density at radius 3 is 3.00 bits per heavy atom. The molecule has 6 heteroatoms. The zero-order valence-electron chi connectivity index (χ0n) is 10.8. The molecule has 2 heterocycles. The summed E-state index contributed by atoms with van der Waals surface area (Å²) in [5.41, 5.74) is 1.06. The van der Waals surface area contributed by atoms with Gasteiger partial charge >= 0.3 is 5.97 Å². The Bertz CT molecular complexity index is 476. The summed E-state index contributed by atoms with van der Waals surface area (Å²) in [4.78, 5) is 19.8. The second-order valence-electron chi connectivity index (χ2n) is 5.01. The molecule has 3 rings (SSSR count). The van der Waals surface area contributed by atoms with E-state index < -0.39 is 0 Å². The molecule has 1 aliphatic heterocycles. The summed E-state index contributed by atoms with van der Waals surface area (Å²) in [7, 11) is 1.39. The Morgan fingerprint density at radius 1 is 1.42 bits per heavy atom. The molecular weight excluding hydrogens is 246 g/mol. The van der Waals surface area contributed by atoms with Crippen LogP contribution in [0.3, 0.4) is 0 Å². The smallest absolute Gasteiger partial charge is 0.323 e. The molecule has 6 nitrogen and oxygen atoms in total. The molecule has 102 valence electrons. The van der Waals surface area contributed by atoms with E-state index in [-0.39, 0.29) is 18.1 Å². The molecule has 1 aromatic heterocycles. The minimum Gasteiger partial charge on any atom is -0.473 e. The summed E-state index contributed by atoms with van der Waals surface area (Å²) in [6.45, 7) is 0.628. The summed E-state index contributed by atoms with van der Waals surface area (Å²) in [5, 5.41) is 3.08. The SMILES string of the molecule is COC(=O)C1CC(Oc2cc(C3CC3)ncn2)CN1. The minimum absolute atomic E-state index is 0.0500. The van der Waals surface area contributed by atoms with Gasteiger partial charge in [0, 0.05) is 24.9 Å². The van der Waals surface area contributed by atoms with E-state index in [1.54, 1.807) is 6.33 Å². The first kappa shape index (κ1) is 12.3. The fourth-order valence-electron chi connectivity index (χ4n) is 2.31. The van der Waals surface area contributed by atoms with Crippen molar-refractivity contribution in [3.63, 3.8) is 0 Å². The zero-order valence-corrected chi connectivity index (χ0v) is 10.8. The van der Waals surface area contributed by atoms with Crippen molar-refractivity contribution in [1.29, 1.82) is 0 Å². The van der Waals surface area contributed by atoms with Gasteiger partial charge in [0.15, 0.2) is 0 Å². The lowest BCUT2D eigenvalue weighted by molar-refractivity contribution is -0.142. The van der Waals surface area contributed by atoms with E-state index in [9.17, 15) is 4.79 Å². The highest BCUT2D eigenvalue weighted by atomic mass is 16.5. The number of ether oxygens (including phenoxy) is 2. The van der Waals surface area contributed by atoms with Crippen LogP contribution in [0.15, 0.2) is 12.4 Å². The average Bonchev–Trinajstić information content (AvgIpc) is 3.19. The second kappa shape index (κ2) is 5.13. The van der Waals surface area contributed by atoms with Crippen LogP contribution in [-0.4, -0.2) is 41.7 Å². The molecule has 2 atom stereocenters. The van der Waals surface area contributed by atoms with Gasteiger partial charge in [0.2, 0.25) is 5.88 Å². The molecule has 1 N–H and O–H groups in total. The van der Waals surface area contributed by atoms with E-state index in [0.717, 1.165) is 5.69 Å². The van der Waals surface area contributed by atoms with E-state index >= 15 is 0 Å². The number of rotatable bonds is 4. The van der Waals surface area contributed by atoms with Crippen LogP contribution in [0.25, 0.3) is 0 Å². The van der Waals surface area contributed by atoms with E-state index in [0.29, 0.717) is 24.8 Å². The third kappa shape index (κ3) is 2.84. The van der Waals surface area contributed by atoms with Crippen LogP contribution in [0.5, 0.6) is 5.88 Å². The van der Waals surface area contributed by atoms with Crippen molar-refractivity contribution in [2.45, 2.75) is 37.3 Å². The quantitative estimate of drug-likeness (QED) is 0.803. The van der Waals surface area contributed by atoms with Gasteiger partial charge in [-0.25, -0.2) is 9.97 Å². The van der Waals surface area contributed by atoms with Crippen LogP contribution in [-0.2, 0) is 9.53 Å². The summed E-state index contributed by atoms with van der Waals surface area (Å²) in [6.07, 6.45) is 4.50. The molecule has 1 saturated heterocycles. The van der Waals surface area contributed by atoms with Gasteiger partial charge in [-0.05, 0) is 12.8 Å². The lowest BCUT2D eigenvalue weighted by Gasteiger charge is -2.12. The van der Waals surface area contributed by atoms with Crippen molar-refractivity contribution in [3.8, 4) is 5.88 Å². The van der Waals surface area contributed by atoms with Gasteiger partial charge in [-0.15, -0.1) is 0 Å². The van der Waals surface area contributed by atoms with Crippen LogP contribution in [0.4, 0.5) is 0 Å². The molecule has 0 bridgehead atoms. The van der Waals surface area contributed by atoms with Gasteiger partial charge in [-0.3, -0.25) is 4.79 Å². The number of nitrogens with zero attached hydrogens (tertiary/aromatic N) is 2. The normalized spacial score (nSPS) is 26.2. The zero-order chi connectivity index (χ0) is 13.2. The van der Waals surface area contributed by atoms with Gasteiger partial charge in [-0.1, -0.05) is 0 Å². The molecule has 2 aliphatic rings. The van der Waals surface area contributed by atoms with Gasteiger partial charge in [0.1, 0.15) is 18.5 Å². The number of esters is 1. The topological polar surface area (TPSA) is 73.3 Å². The van der Waals surface area contributed by atoms with Gasteiger partial charge in [0.05, 0.1) is 12.8 Å². The number of carbonyl (C=O) groups excluding carboxylic acids is 1. The Hall–Kier alpha value is -1.69. The van der Waals surface area contributed by atoms with Gasteiger partial charge in [-0.2, -0.15) is 0 Å². The number of hydrogen-bond acceptors (Lipinski definition) is 6. The Kier molecular flexibility index (Phi) is 3.33. The summed E-state index contributed by atoms with van der Waals surface area (Å²) < 4.78 is 10.5. The molecule has 2 unspecified atom stereocenters. The minimum atomic E-state index is -0.278. The van der Waals surface area contributed by atoms with Crippen molar-refractivity contribution in [2.24, 2.45) is 0 Å². The maximum atomic E-state index is 11.4. The standard InChI is InChI=1S/C13H17N3O3/c1-18-13(17)11-4-9(6-14-11)19-12-5-10(8-2-3-8)15-7-16-12/h5,7-9,11,14H,2-4,6H2,1H3. The van der Waals surface area contributed by atoms with E-state index in [1.807, 2.05) is 6.07 Å². The first-order valence-corrected chi connectivity index (χ1v) is 6.56. The fourth-order valence-corrected chi connectivity index (χ4v) is 2.31. The largest absolute Gasteiger partial charge is 0.473 e. The molecule has 0 spiro atoms. The molecule has 1 aliphatic carbocycles. The predicted molar refractivity (Wildman–Crippen MR) is 66.8 cm³/mol. The van der Waals surface area contributed by atoms with Crippen molar-refractivity contribution in [2.75, 3.05) is 13.7 Å². The van der Waals surface area contributed by atoms with Crippen LogP contribution >= 0.6 is 0 Å². The van der Waals surface area contributed by atoms with Crippen molar-refractivity contribution in [1.82, 2.24) is 15.3 Å². The van der Waals surface area contributed by atoms with Gasteiger partial charge in [0.25, 0.3) is 0 Å². The van der Waals surface area contributed by atoms with Crippen LogP contribution in [0.2, 0.25) is 0 Å². The Morgan fingerprint density at radius 2 is 2.26 bits per heavy atom. The highest BCUT2D eigenvalue weighted by Crippen LogP contribution is 2.39. The van der Waals surface area contributed by atoms with Crippen LogP contribution in [0.1, 0.15) is 30.9 Å². The molecule has 1 aromatic rings. The van der Waals surface area contributed by atoms with E-state index in [1.165, 1.54) is 20.0 Å². The molecule has 1 saturated carbocycles. The molecular formula is C13H17N3O3. The van der Waals surface area contributed by atoms with Crippen molar-refractivity contribution < 1.29 is 14.3 Å². The molecule has 0 radical (unpaired) electrons. The van der Waals surface area contributed by atoms with Crippen LogP contribution in [0, 0.1) is 0 Å². The highest BCUT2D eigenvalue weighted by molar-refractivity contribution is 5.76. The fraction of sp³-hybridized carbons (Fsp3) is 0.615. The summed E-state index contributed by atoms with van der Waals surface area (Å²) in [6, 6.07) is 1.63. The van der Waals surface area contributed by atoms with E-state index in [4.69, 9.17) is 9.47 Å². The van der Waals surface area contributed by atoms with E-state index in [2.05, 4.69) is 15.3 Å². The maximum Gasteiger partial charge on any atom is 0.323 e. The summed E-state index contributed by atoms with van der Waals surface area (Å²) in [5.74, 6) is 0.927. The highest BCUT2D eigenvalue weighted by Gasteiger charge is 2.32. The lowest BCUT2D eigenvalue weighted by atomic mass is 10.2. The Balaban J connectivity index is 1.59. The molecule has 0 aromatic carbocycles. The number of hydrogen-bond donors (Lipinski definition) is 1. The predicted octanol–water partition coefficient (Wildman–Crippen LogP) is 0.636. The number of methoxy groups -OCH3 is 1. The molecule has 2 fully saturated rings. The monoisotopic (exact) mass is 263 g/mol. The number of carbonyl (C=O) groups is 1. The molecule has 19 heavy (non-hydrogen) atoms. The van der Waals surface area contributed by atoms with Crippen LogP contribution < -0.4 is 10.1 Å². The third-order valence-electron chi connectivity index (χ3n) is 3.52. The maximum absolute atomic E-state index is 11.4. The average molecular weight is 263 g/mol. The first-order valence-electron chi connectivity index (χ1n) is 6.56. The Labute approximate surface area is 111 Å². The van der Waals surface area contributed by atoms with Crippen molar-refractivity contribution >= 4 is 5.97 Å². The number of nitrogens with one attached hydrogen (secondary N) is 1. The second-order valence-corrected chi connectivity index (χ2v) is 5.01. The molecule has 0 amide bonds. The first-order chi connectivity index (χ1) is 9.26. The lowest BCUT2D eigenvalue weighted by Crippen LogP contribution is -2.31. The summed E-state index contributed by atoms with van der Waals surface area (Å²) >= 11 is 0. The number of aromatic nitrogens is 2. The van der Waals surface area contributed by atoms with Crippen molar-refractivity contribution in [3.05, 3.63) is 18.1 Å².